The van der Waals surface area contributed by atoms with Gasteiger partial charge in [0.05, 0.1) is 0 Å². The smallest absolute Gasteiger partial charge is 0.303 e. The average Bonchev–Trinajstić information content (AvgIpc) is 3.19. The second kappa shape index (κ2) is 8.91. The average molecular weight is 398 g/mol. The lowest BCUT2D eigenvalue weighted by molar-refractivity contribution is -0.136. The summed E-state index contributed by atoms with van der Waals surface area (Å²) in [5.74, 6) is -1.01. The van der Waals surface area contributed by atoms with Crippen LogP contribution < -0.4 is 0 Å². The molecule has 3 heteroatoms. The van der Waals surface area contributed by atoms with Crippen molar-refractivity contribution in [1.29, 1.82) is 0 Å². The molecule has 1 unspecified atom stereocenters. The molecule has 0 bridgehead atoms. The van der Waals surface area contributed by atoms with E-state index in [4.69, 9.17) is 5.11 Å². The summed E-state index contributed by atoms with van der Waals surface area (Å²) in [6, 6.07) is 27.9. The molecule has 0 aromatic heterocycles. The van der Waals surface area contributed by atoms with Crippen LogP contribution in [0.25, 0.3) is 11.1 Å². The predicted molar refractivity (Wildman–Crippen MR) is 119 cm³/mol. The van der Waals surface area contributed by atoms with Gasteiger partial charge < -0.3 is 5.11 Å². The van der Waals surface area contributed by atoms with Crippen LogP contribution >= 0.6 is 0 Å². The standard InChI is InChI=1S/C27H23FO2/c28-18-25-23(20-9-3-1-4-10-20)17-24(21-11-5-2-6-12-21)27(25)22-13-7-8-19(16-22)14-15-26(29)30/h1-13,16-17,27H,14-15,18H2,(H,29,30). The number of allylic oxidation sites excluding steroid dienone is 4. The van der Waals surface area contributed by atoms with Gasteiger partial charge in [-0.2, -0.15) is 0 Å². The van der Waals surface area contributed by atoms with Crippen molar-refractivity contribution in [3.8, 4) is 0 Å². The van der Waals surface area contributed by atoms with Crippen LogP contribution in [0.2, 0.25) is 0 Å². The monoisotopic (exact) mass is 398 g/mol. The summed E-state index contributed by atoms with van der Waals surface area (Å²) in [5.41, 5.74) is 6.75. The van der Waals surface area contributed by atoms with Crippen LogP contribution in [0.4, 0.5) is 4.39 Å². The van der Waals surface area contributed by atoms with Crippen molar-refractivity contribution in [3.05, 3.63) is 119 Å². The third-order valence-electron chi connectivity index (χ3n) is 5.55. The normalized spacial score (nSPS) is 15.9. The van der Waals surface area contributed by atoms with E-state index in [-0.39, 0.29) is 12.3 Å². The van der Waals surface area contributed by atoms with Gasteiger partial charge in [0.15, 0.2) is 0 Å². The predicted octanol–water partition coefficient (Wildman–Crippen LogP) is 6.31. The Balaban J connectivity index is 1.82. The number of carboxylic acid groups (broad SMARTS) is 1. The van der Waals surface area contributed by atoms with Crippen LogP contribution in [0.3, 0.4) is 0 Å². The Labute approximate surface area is 176 Å². The Morgan fingerprint density at radius 2 is 1.53 bits per heavy atom. The molecule has 0 saturated heterocycles. The summed E-state index contributed by atoms with van der Waals surface area (Å²) in [5, 5.41) is 9.02. The number of benzene rings is 3. The fraction of sp³-hybridized carbons (Fsp3) is 0.148. The Morgan fingerprint density at radius 3 is 2.17 bits per heavy atom. The van der Waals surface area contributed by atoms with Crippen molar-refractivity contribution >= 4 is 17.1 Å². The Kier molecular flexibility index (Phi) is 5.89. The van der Waals surface area contributed by atoms with E-state index in [2.05, 4.69) is 18.2 Å². The number of aliphatic carboxylic acids is 1. The van der Waals surface area contributed by atoms with Crippen molar-refractivity contribution < 1.29 is 14.3 Å². The van der Waals surface area contributed by atoms with Crippen molar-refractivity contribution in [2.75, 3.05) is 6.67 Å². The molecule has 0 fully saturated rings. The van der Waals surface area contributed by atoms with Crippen LogP contribution in [0, 0.1) is 0 Å². The maximum absolute atomic E-state index is 14.4. The molecular formula is C27H23FO2. The zero-order valence-electron chi connectivity index (χ0n) is 16.6. The first-order valence-electron chi connectivity index (χ1n) is 10.1. The summed E-state index contributed by atoms with van der Waals surface area (Å²) in [4.78, 5) is 11.0. The van der Waals surface area contributed by atoms with Gasteiger partial charge in [-0.05, 0) is 51.5 Å². The maximum Gasteiger partial charge on any atom is 0.303 e. The molecule has 3 aromatic carbocycles. The fourth-order valence-corrected chi connectivity index (χ4v) is 4.15. The third kappa shape index (κ3) is 4.11. The highest BCUT2D eigenvalue weighted by atomic mass is 19.1. The number of carboxylic acids is 1. The van der Waals surface area contributed by atoms with Crippen molar-refractivity contribution in [3.63, 3.8) is 0 Å². The molecule has 3 aromatic rings. The van der Waals surface area contributed by atoms with Gasteiger partial charge in [0.25, 0.3) is 0 Å². The lowest BCUT2D eigenvalue weighted by Crippen LogP contribution is -2.06. The molecule has 1 atom stereocenters. The van der Waals surface area contributed by atoms with E-state index in [1.54, 1.807) is 0 Å². The molecular weight excluding hydrogens is 375 g/mol. The molecule has 1 aliphatic carbocycles. The van der Waals surface area contributed by atoms with Crippen LogP contribution in [0.15, 0.2) is 96.6 Å². The minimum absolute atomic E-state index is 0.0799. The van der Waals surface area contributed by atoms with E-state index in [1.165, 1.54) is 0 Å². The molecule has 0 spiro atoms. The molecule has 150 valence electrons. The van der Waals surface area contributed by atoms with E-state index in [1.807, 2.05) is 72.8 Å². The second-order valence-corrected chi connectivity index (χ2v) is 7.48. The number of hydrogen-bond donors (Lipinski definition) is 1. The first-order valence-corrected chi connectivity index (χ1v) is 10.1. The molecule has 30 heavy (non-hydrogen) atoms. The van der Waals surface area contributed by atoms with E-state index in [0.29, 0.717) is 6.42 Å². The molecule has 0 saturated carbocycles. The zero-order valence-corrected chi connectivity index (χ0v) is 16.6. The lowest BCUT2D eigenvalue weighted by atomic mass is 9.84. The maximum atomic E-state index is 14.4. The van der Waals surface area contributed by atoms with Crippen LogP contribution in [0.1, 0.15) is 34.6 Å². The van der Waals surface area contributed by atoms with E-state index >= 15 is 0 Å². The Bertz CT molecular complexity index is 1100. The highest BCUT2D eigenvalue weighted by molar-refractivity contribution is 5.96. The van der Waals surface area contributed by atoms with E-state index < -0.39 is 12.6 Å². The summed E-state index contributed by atoms with van der Waals surface area (Å²) in [6.07, 6.45) is 2.64. The number of hydrogen-bond acceptors (Lipinski definition) is 1. The highest BCUT2D eigenvalue weighted by Crippen LogP contribution is 2.48. The molecule has 0 amide bonds. The van der Waals surface area contributed by atoms with Gasteiger partial charge in [0.2, 0.25) is 0 Å². The summed E-state index contributed by atoms with van der Waals surface area (Å²) in [6.45, 7) is -0.541. The number of halogens is 1. The lowest BCUT2D eigenvalue weighted by Gasteiger charge is -2.20. The topological polar surface area (TPSA) is 37.3 Å². The van der Waals surface area contributed by atoms with Gasteiger partial charge in [-0.1, -0.05) is 84.9 Å². The van der Waals surface area contributed by atoms with Crippen molar-refractivity contribution in [2.45, 2.75) is 18.8 Å². The minimum Gasteiger partial charge on any atom is -0.481 e. The first-order chi connectivity index (χ1) is 14.7. The molecule has 0 aliphatic heterocycles. The number of aryl methyl sites for hydroxylation is 1. The fourth-order valence-electron chi connectivity index (χ4n) is 4.15. The summed E-state index contributed by atoms with van der Waals surface area (Å²) in [7, 11) is 0. The van der Waals surface area contributed by atoms with Crippen LogP contribution in [-0.2, 0) is 11.2 Å². The number of alkyl halides is 1. The molecule has 4 rings (SSSR count). The first kappa shape index (κ1) is 19.8. The van der Waals surface area contributed by atoms with Crippen molar-refractivity contribution in [1.82, 2.24) is 0 Å². The van der Waals surface area contributed by atoms with Gasteiger partial charge in [-0.3, -0.25) is 4.79 Å². The molecule has 1 aliphatic rings. The van der Waals surface area contributed by atoms with Gasteiger partial charge in [-0.25, -0.2) is 4.39 Å². The zero-order chi connectivity index (χ0) is 20.9. The van der Waals surface area contributed by atoms with Gasteiger partial charge >= 0.3 is 5.97 Å². The molecule has 0 radical (unpaired) electrons. The molecule has 0 heterocycles. The molecule has 1 N–H and O–H groups in total. The third-order valence-corrected chi connectivity index (χ3v) is 5.55. The molecule has 2 nitrogen and oxygen atoms in total. The summed E-state index contributed by atoms with van der Waals surface area (Å²) < 4.78 is 14.4. The Hall–Kier alpha value is -3.46. The van der Waals surface area contributed by atoms with Gasteiger partial charge in [0.1, 0.15) is 6.67 Å². The van der Waals surface area contributed by atoms with Crippen molar-refractivity contribution in [2.24, 2.45) is 0 Å². The summed E-state index contributed by atoms with van der Waals surface area (Å²) >= 11 is 0. The van der Waals surface area contributed by atoms with E-state index in [0.717, 1.165) is 39.0 Å². The quantitative estimate of drug-likeness (QED) is 0.506. The van der Waals surface area contributed by atoms with Crippen LogP contribution in [0.5, 0.6) is 0 Å². The minimum atomic E-state index is -0.818. The Morgan fingerprint density at radius 1 is 0.867 bits per heavy atom. The second-order valence-electron chi connectivity index (χ2n) is 7.48. The van der Waals surface area contributed by atoms with Crippen LogP contribution in [-0.4, -0.2) is 17.8 Å². The SMILES string of the molecule is O=C(O)CCc1cccc(C2C(c3ccccc3)=CC(c3ccccc3)=C2CF)c1. The number of rotatable bonds is 7. The highest BCUT2D eigenvalue weighted by Gasteiger charge is 2.30. The van der Waals surface area contributed by atoms with Gasteiger partial charge in [-0.15, -0.1) is 0 Å². The van der Waals surface area contributed by atoms with E-state index in [9.17, 15) is 9.18 Å². The van der Waals surface area contributed by atoms with Gasteiger partial charge in [0, 0.05) is 12.3 Å². The largest absolute Gasteiger partial charge is 0.481 e. The number of carbonyl (C=O) groups is 1.